The Morgan fingerprint density at radius 3 is 2.70 bits per heavy atom. The molecule has 0 aromatic carbocycles. The molecule has 7 heteroatoms. The topological polar surface area (TPSA) is 94.1 Å². The molecule has 112 valence electrons. The van der Waals surface area contributed by atoms with E-state index < -0.39 is 42.0 Å². The van der Waals surface area contributed by atoms with Gasteiger partial charge in [-0.1, -0.05) is 12.7 Å². The molecule has 0 spiro atoms. The van der Waals surface area contributed by atoms with Crippen molar-refractivity contribution in [1.29, 1.82) is 0 Å². The summed E-state index contributed by atoms with van der Waals surface area (Å²) in [5.41, 5.74) is 0. The highest BCUT2D eigenvalue weighted by Crippen LogP contribution is 2.41. The van der Waals surface area contributed by atoms with Crippen molar-refractivity contribution in [2.45, 2.75) is 44.3 Å². The van der Waals surface area contributed by atoms with Crippen LogP contribution >= 0.6 is 0 Å². The summed E-state index contributed by atoms with van der Waals surface area (Å²) in [7, 11) is 0. The van der Waals surface area contributed by atoms with Gasteiger partial charge in [-0.2, -0.15) is 0 Å². The number of hydrogen-bond acceptors (Lipinski definition) is 5. The molecule has 20 heavy (non-hydrogen) atoms. The van der Waals surface area contributed by atoms with Crippen LogP contribution in [0.3, 0.4) is 0 Å². The van der Waals surface area contributed by atoms with E-state index in [4.69, 9.17) is 14.2 Å². The van der Waals surface area contributed by atoms with Crippen LogP contribution in [-0.2, 0) is 19.0 Å². The van der Waals surface area contributed by atoms with Gasteiger partial charge in [-0.25, -0.2) is 4.79 Å². The Bertz CT molecular complexity index is 421. The summed E-state index contributed by atoms with van der Waals surface area (Å²) in [6.45, 7) is 6.98. The van der Waals surface area contributed by atoms with Crippen molar-refractivity contribution in [3.05, 3.63) is 12.7 Å². The van der Waals surface area contributed by atoms with Crippen molar-refractivity contribution in [3.63, 3.8) is 0 Å². The van der Waals surface area contributed by atoms with Crippen LogP contribution in [0, 0.1) is 5.92 Å². The summed E-state index contributed by atoms with van der Waals surface area (Å²) in [4.78, 5) is 22.8. The van der Waals surface area contributed by atoms with E-state index in [-0.39, 0.29) is 13.0 Å². The second-order valence-electron chi connectivity index (χ2n) is 5.38. The van der Waals surface area contributed by atoms with Crippen molar-refractivity contribution < 1.29 is 28.9 Å². The highest BCUT2D eigenvalue weighted by Gasteiger charge is 2.56. The van der Waals surface area contributed by atoms with Gasteiger partial charge in [0.1, 0.15) is 18.8 Å². The smallest absolute Gasteiger partial charge is 0.407 e. The summed E-state index contributed by atoms with van der Waals surface area (Å²) < 4.78 is 16.2. The van der Waals surface area contributed by atoms with E-state index in [9.17, 15) is 14.7 Å². The standard InChI is InChI=1S/C13H19NO6/c1-4-5-18-12(17)14-8-6-7(11(15)16)9-10(8)20-13(2,3)19-9/h4,7-10H,1,5-6H2,2-3H3,(H,14,17)(H,15,16)/t7-,8+,9+,10-/m1/s1. The fourth-order valence-corrected chi connectivity index (χ4v) is 2.69. The second-order valence-corrected chi connectivity index (χ2v) is 5.38. The van der Waals surface area contributed by atoms with E-state index in [0.717, 1.165) is 0 Å². The number of amides is 1. The van der Waals surface area contributed by atoms with Gasteiger partial charge in [-0.05, 0) is 20.3 Å². The highest BCUT2D eigenvalue weighted by atomic mass is 16.8. The summed E-state index contributed by atoms with van der Waals surface area (Å²) in [6, 6.07) is -0.444. The number of carboxylic acid groups (broad SMARTS) is 1. The molecule has 4 atom stereocenters. The van der Waals surface area contributed by atoms with Gasteiger partial charge in [0, 0.05) is 0 Å². The normalized spacial score (nSPS) is 34.3. The molecule has 0 unspecified atom stereocenters. The lowest BCUT2D eigenvalue weighted by atomic mass is 10.1. The minimum Gasteiger partial charge on any atom is -0.481 e. The van der Waals surface area contributed by atoms with Gasteiger partial charge in [0.05, 0.1) is 12.0 Å². The number of aliphatic carboxylic acids is 1. The third kappa shape index (κ3) is 2.94. The van der Waals surface area contributed by atoms with E-state index in [1.54, 1.807) is 13.8 Å². The summed E-state index contributed by atoms with van der Waals surface area (Å²) >= 11 is 0. The Hall–Kier alpha value is -1.60. The monoisotopic (exact) mass is 285 g/mol. The fourth-order valence-electron chi connectivity index (χ4n) is 2.69. The van der Waals surface area contributed by atoms with Crippen LogP contribution < -0.4 is 5.32 Å². The molecule has 1 aliphatic carbocycles. The predicted octanol–water partition coefficient (Wildman–Crippen LogP) is 0.892. The summed E-state index contributed by atoms with van der Waals surface area (Å²) in [5, 5.41) is 11.9. The molecule has 2 rings (SSSR count). The molecule has 1 heterocycles. The first-order valence-electron chi connectivity index (χ1n) is 6.46. The van der Waals surface area contributed by atoms with Gasteiger partial charge in [-0.15, -0.1) is 0 Å². The second kappa shape index (κ2) is 5.41. The average Bonchev–Trinajstić information content (AvgIpc) is 2.81. The lowest BCUT2D eigenvalue weighted by molar-refractivity contribution is -0.166. The Morgan fingerprint density at radius 1 is 1.45 bits per heavy atom. The highest BCUT2D eigenvalue weighted by molar-refractivity contribution is 5.73. The molecule has 1 saturated heterocycles. The molecule has 0 radical (unpaired) electrons. The molecule has 2 aliphatic rings. The van der Waals surface area contributed by atoms with Gasteiger partial charge in [-0.3, -0.25) is 4.79 Å². The molecule has 2 fully saturated rings. The Balaban J connectivity index is 2.05. The number of alkyl carbamates (subject to hydrolysis) is 1. The zero-order chi connectivity index (χ0) is 14.9. The van der Waals surface area contributed by atoms with Crippen LogP contribution in [0.15, 0.2) is 12.7 Å². The predicted molar refractivity (Wildman–Crippen MR) is 68.0 cm³/mol. The lowest BCUT2D eigenvalue weighted by Gasteiger charge is -2.22. The fraction of sp³-hybridized carbons (Fsp3) is 0.692. The molecule has 1 saturated carbocycles. The quantitative estimate of drug-likeness (QED) is 0.745. The molecule has 0 aromatic heterocycles. The lowest BCUT2D eigenvalue weighted by Crippen LogP contribution is -2.43. The maximum Gasteiger partial charge on any atom is 0.407 e. The van der Waals surface area contributed by atoms with Gasteiger partial charge >= 0.3 is 12.1 Å². The van der Waals surface area contributed by atoms with Gasteiger partial charge < -0.3 is 24.6 Å². The van der Waals surface area contributed by atoms with E-state index in [2.05, 4.69) is 11.9 Å². The van der Waals surface area contributed by atoms with Crippen molar-refractivity contribution in [2.24, 2.45) is 5.92 Å². The Kier molecular flexibility index (Phi) is 4.01. The SMILES string of the molecule is C=CCOC(=O)N[C@H]1C[C@@H](C(=O)O)[C@@H]2OC(C)(C)O[C@@H]21. The third-order valence-corrected chi connectivity index (χ3v) is 3.42. The number of nitrogens with one attached hydrogen (secondary N) is 1. The molecular formula is C13H19NO6. The first-order valence-corrected chi connectivity index (χ1v) is 6.46. The number of carbonyl (C=O) groups excluding carboxylic acids is 1. The average molecular weight is 285 g/mol. The Labute approximate surface area is 116 Å². The molecular weight excluding hydrogens is 266 g/mol. The van der Waals surface area contributed by atoms with E-state index in [1.165, 1.54) is 6.08 Å². The molecule has 2 N–H and O–H groups in total. The van der Waals surface area contributed by atoms with E-state index >= 15 is 0 Å². The van der Waals surface area contributed by atoms with E-state index in [1.807, 2.05) is 0 Å². The molecule has 1 amide bonds. The minimum atomic E-state index is -0.954. The molecule has 0 bridgehead atoms. The first kappa shape index (κ1) is 14.8. The number of ether oxygens (including phenoxy) is 3. The van der Waals surface area contributed by atoms with E-state index in [0.29, 0.717) is 0 Å². The van der Waals surface area contributed by atoms with Crippen LogP contribution in [0.2, 0.25) is 0 Å². The Morgan fingerprint density at radius 2 is 2.10 bits per heavy atom. The minimum absolute atomic E-state index is 0.0951. The van der Waals surface area contributed by atoms with Crippen LogP contribution in [0.4, 0.5) is 4.79 Å². The molecule has 1 aliphatic heterocycles. The number of carbonyl (C=O) groups is 2. The zero-order valence-corrected chi connectivity index (χ0v) is 11.5. The number of carboxylic acids is 1. The number of hydrogen-bond donors (Lipinski definition) is 2. The van der Waals surface area contributed by atoms with Crippen LogP contribution in [0.25, 0.3) is 0 Å². The van der Waals surface area contributed by atoms with Crippen LogP contribution in [0.1, 0.15) is 20.3 Å². The van der Waals surface area contributed by atoms with Crippen LogP contribution in [0.5, 0.6) is 0 Å². The molecule has 7 nitrogen and oxygen atoms in total. The van der Waals surface area contributed by atoms with Crippen molar-refractivity contribution >= 4 is 12.1 Å². The summed E-state index contributed by atoms with van der Waals surface area (Å²) in [6.07, 6.45) is 0.0434. The first-order chi connectivity index (χ1) is 9.34. The van der Waals surface area contributed by atoms with Crippen molar-refractivity contribution in [1.82, 2.24) is 5.32 Å². The van der Waals surface area contributed by atoms with Gasteiger partial charge in [0.15, 0.2) is 5.79 Å². The van der Waals surface area contributed by atoms with Crippen molar-refractivity contribution in [2.75, 3.05) is 6.61 Å². The van der Waals surface area contributed by atoms with Crippen LogP contribution in [-0.4, -0.2) is 47.8 Å². The van der Waals surface area contributed by atoms with Crippen molar-refractivity contribution in [3.8, 4) is 0 Å². The third-order valence-electron chi connectivity index (χ3n) is 3.42. The van der Waals surface area contributed by atoms with Gasteiger partial charge in [0.2, 0.25) is 0 Å². The van der Waals surface area contributed by atoms with Gasteiger partial charge in [0.25, 0.3) is 0 Å². The zero-order valence-electron chi connectivity index (χ0n) is 11.5. The maximum atomic E-state index is 11.6. The molecule has 0 aromatic rings. The number of fused-ring (bicyclic) bond motifs is 1. The maximum absolute atomic E-state index is 11.6. The summed E-state index contributed by atoms with van der Waals surface area (Å²) in [5.74, 6) is -2.51. The number of rotatable bonds is 4. The largest absolute Gasteiger partial charge is 0.481 e.